The van der Waals surface area contributed by atoms with Gasteiger partial charge in [0.05, 0.1) is 18.5 Å². The molecule has 1 aromatic heterocycles. The van der Waals surface area contributed by atoms with E-state index in [-0.39, 0.29) is 16.6 Å². The molecule has 8 nitrogen and oxygen atoms in total. The molecule has 1 heterocycles. The van der Waals surface area contributed by atoms with Crippen molar-refractivity contribution < 1.29 is 23.9 Å². The van der Waals surface area contributed by atoms with Crippen LogP contribution in [0.15, 0.2) is 30.3 Å². The van der Waals surface area contributed by atoms with Gasteiger partial charge in [-0.25, -0.2) is 14.3 Å². The number of hydrogen-bond donors (Lipinski definition) is 1. The van der Waals surface area contributed by atoms with Crippen molar-refractivity contribution in [3.63, 3.8) is 0 Å². The average molecular weight is 422 g/mol. The first kappa shape index (κ1) is 22.4. The fraction of sp³-hybridized carbons (Fsp3) is 0.400. The van der Waals surface area contributed by atoms with Gasteiger partial charge in [-0.15, -0.1) is 0 Å². The lowest BCUT2D eigenvalue weighted by Crippen LogP contribution is -2.44. The second-order valence-electron chi connectivity index (χ2n) is 6.85. The molecule has 0 unspecified atom stereocenters. The number of benzene rings is 1. The van der Waals surface area contributed by atoms with E-state index in [1.807, 2.05) is 32.0 Å². The smallest absolute Gasteiger partial charge is 0.343 e. The van der Waals surface area contributed by atoms with Gasteiger partial charge in [0.25, 0.3) is 5.91 Å². The number of para-hydroxylation sites is 1. The molecular weight excluding hydrogens is 398 g/mol. The number of aromatic nitrogens is 2. The quantitative estimate of drug-likeness (QED) is 0.658. The molecule has 0 bridgehead atoms. The summed E-state index contributed by atoms with van der Waals surface area (Å²) in [5.41, 5.74) is 1.14. The number of nitrogens with one attached hydrogen (secondary N) is 1. The predicted octanol–water partition coefficient (Wildman–Crippen LogP) is 2.69. The van der Waals surface area contributed by atoms with Crippen LogP contribution >= 0.6 is 11.6 Å². The van der Waals surface area contributed by atoms with Crippen molar-refractivity contribution >= 4 is 29.4 Å². The maximum absolute atomic E-state index is 12.5. The second-order valence-corrected chi connectivity index (χ2v) is 7.21. The van der Waals surface area contributed by atoms with Crippen molar-refractivity contribution in [3.05, 3.63) is 46.7 Å². The molecule has 1 aromatic carbocycles. The molecule has 9 heteroatoms. The lowest BCUT2D eigenvalue weighted by atomic mass is 10.0. The molecule has 1 amide bonds. The summed E-state index contributed by atoms with van der Waals surface area (Å²) in [5.74, 6) is -1.78. The minimum absolute atomic E-state index is 0.0787. The van der Waals surface area contributed by atoms with Crippen LogP contribution in [0.3, 0.4) is 0 Å². The summed E-state index contributed by atoms with van der Waals surface area (Å²) in [6.45, 7) is 4.89. The van der Waals surface area contributed by atoms with E-state index >= 15 is 0 Å². The maximum Gasteiger partial charge on any atom is 0.343 e. The van der Waals surface area contributed by atoms with Crippen LogP contribution in [0.5, 0.6) is 0 Å². The number of aryl methyl sites for hydroxylation is 1. The summed E-state index contributed by atoms with van der Waals surface area (Å²) in [4.78, 5) is 36.4. The fourth-order valence-electron chi connectivity index (χ4n) is 2.74. The van der Waals surface area contributed by atoms with E-state index in [2.05, 4.69) is 10.4 Å². The largest absolute Gasteiger partial charge is 0.467 e. The maximum atomic E-state index is 12.5. The summed E-state index contributed by atoms with van der Waals surface area (Å²) in [5, 5.41) is 6.88. The van der Waals surface area contributed by atoms with Crippen molar-refractivity contribution in [1.82, 2.24) is 15.1 Å². The van der Waals surface area contributed by atoms with Gasteiger partial charge in [-0.05, 0) is 31.4 Å². The summed E-state index contributed by atoms with van der Waals surface area (Å²) in [6, 6.07) is 8.27. The number of halogens is 1. The van der Waals surface area contributed by atoms with Crippen LogP contribution in [0.4, 0.5) is 0 Å². The number of rotatable bonds is 8. The van der Waals surface area contributed by atoms with Gasteiger partial charge in [0.1, 0.15) is 16.8 Å². The van der Waals surface area contributed by atoms with Gasteiger partial charge in [-0.2, -0.15) is 5.10 Å². The van der Waals surface area contributed by atoms with Crippen LogP contribution in [0.25, 0.3) is 5.69 Å². The third kappa shape index (κ3) is 5.80. The molecule has 0 aliphatic heterocycles. The highest BCUT2D eigenvalue weighted by Gasteiger charge is 2.25. The SMILES string of the molecule is COC(=O)[C@H](CC(C)C)NC(=O)COC(=O)c1c(C)nn(-c2ccccc2)c1Cl. The van der Waals surface area contributed by atoms with Gasteiger partial charge in [-0.3, -0.25) is 4.79 Å². The van der Waals surface area contributed by atoms with Crippen LogP contribution < -0.4 is 5.32 Å². The molecule has 0 aliphatic carbocycles. The summed E-state index contributed by atoms with van der Waals surface area (Å²) in [6.07, 6.45) is 0.404. The number of carbonyl (C=O) groups is 3. The average Bonchev–Trinajstić information content (AvgIpc) is 2.99. The first-order valence-corrected chi connectivity index (χ1v) is 9.47. The summed E-state index contributed by atoms with van der Waals surface area (Å²) >= 11 is 6.31. The number of ether oxygens (including phenoxy) is 2. The zero-order chi connectivity index (χ0) is 21.6. The molecule has 0 saturated heterocycles. The Bertz CT molecular complexity index is 880. The van der Waals surface area contributed by atoms with E-state index in [1.54, 1.807) is 19.1 Å². The van der Waals surface area contributed by atoms with E-state index in [0.29, 0.717) is 17.8 Å². The lowest BCUT2D eigenvalue weighted by Gasteiger charge is -2.18. The number of amides is 1. The normalized spacial score (nSPS) is 11.8. The summed E-state index contributed by atoms with van der Waals surface area (Å²) in [7, 11) is 1.25. The van der Waals surface area contributed by atoms with E-state index < -0.39 is 30.5 Å². The highest BCUT2D eigenvalue weighted by atomic mass is 35.5. The Morgan fingerprint density at radius 1 is 1.21 bits per heavy atom. The highest BCUT2D eigenvalue weighted by molar-refractivity contribution is 6.33. The van der Waals surface area contributed by atoms with Gasteiger partial charge in [0, 0.05) is 0 Å². The van der Waals surface area contributed by atoms with Crippen LogP contribution in [0.2, 0.25) is 5.15 Å². The van der Waals surface area contributed by atoms with Crippen molar-refractivity contribution in [3.8, 4) is 5.69 Å². The Balaban J connectivity index is 2.04. The van der Waals surface area contributed by atoms with Gasteiger partial charge >= 0.3 is 11.9 Å². The third-order valence-electron chi connectivity index (χ3n) is 4.07. The number of hydrogen-bond acceptors (Lipinski definition) is 6. The van der Waals surface area contributed by atoms with Crippen molar-refractivity contribution in [2.75, 3.05) is 13.7 Å². The Morgan fingerprint density at radius 3 is 2.45 bits per heavy atom. The molecule has 0 aliphatic rings. The number of nitrogens with zero attached hydrogens (tertiary/aromatic N) is 2. The molecule has 29 heavy (non-hydrogen) atoms. The number of methoxy groups -OCH3 is 1. The molecule has 1 atom stereocenters. The van der Waals surface area contributed by atoms with E-state index in [1.165, 1.54) is 11.8 Å². The van der Waals surface area contributed by atoms with Gasteiger partial charge in [-0.1, -0.05) is 43.6 Å². The first-order chi connectivity index (χ1) is 13.7. The zero-order valence-corrected chi connectivity index (χ0v) is 17.5. The highest BCUT2D eigenvalue weighted by Crippen LogP contribution is 2.24. The molecule has 0 saturated carbocycles. The Kier molecular flexibility index (Phi) is 7.78. The molecule has 0 spiro atoms. The van der Waals surface area contributed by atoms with E-state index in [9.17, 15) is 14.4 Å². The second kappa shape index (κ2) is 10.1. The molecule has 2 aromatic rings. The minimum atomic E-state index is -0.808. The lowest BCUT2D eigenvalue weighted by molar-refractivity contribution is -0.145. The molecular formula is C20H24ClN3O5. The Morgan fingerprint density at radius 2 is 1.86 bits per heavy atom. The Labute approximate surface area is 174 Å². The third-order valence-corrected chi connectivity index (χ3v) is 4.42. The molecule has 0 radical (unpaired) electrons. The molecule has 156 valence electrons. The van der Waals surface area contributed by atoms with Crippen molar-refractivity contribution in [2.45, 2.75) is 33.2 Å². The van der Waals surface area contributed by atoms with Crippen LogP contribution in [0, 0.1) is 12.8 Å². The van der Waals surface area contributed by atoms with Crippen LogP contribution in [-0.4, -0.2) is 47.4 Å². The van der Waals surface area contributed by atoms with Crippen molar-refractivity contribution in [1.29, 1.82) is 0 Å². The topological polar surface area (TPSA) is 99.5 Å². The van der Waals surface area contributed by atoms with Gasteiger partial charge in [0.2, 0.25) is 0 Å². The molecule has 0 fully saturated rings. The van der Waals surface area contributed by atoms with E-state index in [4.69, 9.17) is 21.1 Å². The Hall–Kier alpha value is -2.87. The molecule has 2 rings (SSSR count). The van der Waals surface area contributed by atoms with E-state index in [0.717, 1.165) is 0 Å². The minimum Gasteiger partial charge on any atom is -0.467 e. The van der Waals surface area contributed by atoms with Gasteiger partial charge in [0.15, 0.2) is 6.61 Å². The molecule has 1 N–H and O–H groups in total. The fourth-order valence-corrected chi connectivity index (χ4v) is 3.09. The standard InChI is InChI=1S/C20H24ClN3O5/c1-12(2)10-15(19(26)28-4)22-16(25)11-29-20(27)17-13(3)23-24(18(17)21)14-8-6-5-7-9-14/h5-9,12,15H,10-11H2,1-4H3,(H,22,25)/t15-/m0/s1. The van der Waals surface area contributed by atoms with Crippen LogP contribution in [-0.2, 0) is 19.1 Å². The number of esters is 2. The summed E-state index contributed by atoms with van der Waals surface area (Å²) < 4.78 is 11.2. The van der Waals surface area contributed by atoms with Crippen LogP contribution in [0.1, 0.15) is 36.3 Å². The van der Waals surface area contributed by atoms with Crippen molar-refractivity contribution in [2.24, 2.45) is 5.92 Å². The first-order valence-electron chi connectivity index (χ1n) is 9.09. The predicted molar refractivity (Wildman–Crippen MR) is 107 cm³/mol. The van der Waals surface area contributed by atoms with Gasteiger partial charge < -0.3 is 14.8 Å². The monoisotopic (exact) mass is 421 g/mol. The zero-order valence-electron chi connectivity index (χ0n) is 16.8. The number of carbonyl (C=O) groups excluding carboxylic acids is 3.